The molecule has 0 spiro atoms. The van der Waals surface area contributed by atoms with Crippen LogP contribution in [0.4, 0.5) is 6.01 Å². The second kappa shape index (κ2) is 8.67. The Morgan fingerprint density at radius 3 is 2.76 bits per heavy atom. The number of nitrogens with zero attached hydrogens (tertiary/aromatic N) is 4. The van der Waals surface area contributed by atoms with Crippen LogP contribution in [-0.2, 0) is 4.74 Å². The third-order valence-corrected chi connectivity index (χ3v) is 6.47. The Hall–Kier alpha value is -3.12. The summed E-state index contributed by atoms with van der Waals surface area (Å²) >= 11 is 0. The minimum Gasteiger partial charge on any atom is -0.485 e. The third kappa shape index (κ3) is 4.15. The average Bonchev–Trinajstić information content (AvgIpc) is 3.25. The summed E-state index contributed by atoms with van der Waals surface area (Å²) in [7, 11) is 0. The first-order valence-corrected chi connectivity index (χ1v) is 11.3. The highest BCUT2D eigenvalue weighted by atomic mass is 16.5. The first kappa shape index (κ1) is 21.7. The van der Waals surface area contributed by atoms with Crippen LogP contribution in [0.3, 0.4) is 0 Å². The summed E-state index contributed by atoms with van der Waals surface area (Å²) in [6.45, 7) is 8.24. The second-order valence-corrected chi connectivity index (χ2v) is 9.07. The molecule has 8 nitrogen and oxygen atoms in total. The lowest BCUT2D eigenvalue weighted by atomic mass is 9.85. The molecule has 1 fully saturated rings. The molecule has 2 aliphatic rings. The van der Waals surface area contributed by atoms with Crippen molar-refractivity contribution in [2.45, 2.75) is 31.6 Å². The Balaban J connectivity index is 1.59. The van der Waals surface area contributed by atoms with Crippen molar-refractivity contribution in [1.82, 2.24) is 9.88 Å². The minimum atomic E-state index is -0.876. The van der Waals surface area contributed by atoms with Crippen LogP contribution in [-0.4, -0.2) is 66.1 Å². The summed E-state index contributed by atoms with van der Waals surface area (Å²) in [5.41, 5.74) is 1.88. The zero-order valence-electron chi connectivity index (χ0n) is 18.9. The van der Waals surface area contributed by atoms with E-state index in [4.69, 9.17) is 18.9 Å². The topological polar surface area (TPSA) is 95.0 Å². The number of ether oxygens (including phenoxy) is 2. The number of rotatable bonds is 5. The van der Waals surface area contributed by atoms with E-state index >= 15 is 0 Å². The quantitative estimate of drug-likeness (QED) is 0.636. The molecular formula is C25H28N4O4. The predicted molar refractivity (Wildman–Crippen MR) is 123 cm³/mol. The molecule has 0 radical (unpaired) electrons. The van der Waals surface area contributed by atoms with Crippen LogP contribution in [0.1, 0.15) is 31.0 Å². The first-order chi connectivity index (χ1) is 16.0. The number of hydrogen-bond donors (Lipinski definition) is 1. The molecule has 3 heterocycles. The molecule has 0 aliphatic carbocycles. The van der Waals surface area contributed by atoms with E-state index in [0.29, 0.717) is 42.7 Å². The fourth-order valence-electron chi connectivity index (χ4n) is 4.58. The Bertz CT molecular complexity index is 1150. The van der Waals surface area contributed by atoms with E-state index in [1.165, 1.54) is 0 Å². The molecule has 172 valence electrons. The van der Waals surface area contributed by atoms with Crippen molar-refractivity contribution in [3.05, 3.63) is 53.6 Å². The predicted octanol–water partition coefficient (Wildman–Crippen LogP) is 3.11. The number of hydrogen-bond acceptors (Lipinski definition) is 8. The average molecular weight is 449 g/mol. The molecule has 1 saturated heterocycles. The zero-order chi connectivity index (χ0) is 23.0. The number of oxazole rings is 1. The molecular weight excluding hydrogens is 420 g/mol. The van der Waals surface area contributed by atoms with E-state index in [2.05, 4.69) is 11.0 Å². The van der Waals surface area contributed by atoms with Gasteiger partial charge in [-0.1, -0.05) is 12.1 Å². The largest absolute Gasteiger partial charge is 0.485 e. The maximum atomic E-state index is 11.5. The van der Waals surface area contributed by atoms with Crippen LogP contribution in [0.15, 0.2) is 46.9 Å². The van der Waals surface area contributed by atoms with E-state index in [1.54, 1.807) is 18.2 Å². The SMILES string of the molecule is CC1(C)Oc2ccc(C#N)cc2C(N(CCN2CCOCC2)c2nc3ccccc3o2)[C@H]1O. The Morgan fingerprint density at radius 1 is 1.21 bits per heavy atom. The lowest BCUT2D eigenvalue weighted by Gasteiger charge is -2.46. The van der Waals surface area contributed by atoms with Crippen LogP contribution < -0.4 is 9.64 Å². The maximum absolute atomic E-state index is 11.5. The number of anilines is 1. The van der Waals surface area contributed by atoms with Crippen molar-refractivity contribution < 1.29 is 19.0 Å². The minimum absolute atomic E-state index is 0.444. The number of fused-ring (bicyclic) bond motifs is 2. The number of aliphatic hydroxyl groups is 1. The zero-order valence-corrected chi connectivity index (χ0v) is 18.9. The van der Waals surface area contributed by atoms with E-state index in [9.17, 15) is 10.4 Å². The highest BCUT2D eigenvalue weighted by Crippen LogP contribution is 2.44. The summed E-state index contributed by atoms with van der Waals surface area (Å²) in [4.78, 5) is 9.10. The smallest absolute Gasteiger partial charge is 0.299 e. The van der Waals surface area contributed by atoms with Crippen LogP contribution >= 0.6 is 0 Å². The van der Waals surface area contributed by atoms with Crippen molar-refractivity contribution in [1.29, 1.82) is 5.26 Å². The van der Waals surface area contributed by atoms with E-state index < -0.39 is 17.7 Å². The molecule has 1 aromatic heterocycles. The summed E-state index contributed by atoms with van der Waals surface area (Å²) in [6.07, 6.45) is -0.876. The normalized spacial score (nSPS) is 22.4. The highest BCUT2D eigenvalue weighted by Gasteiger charge is 2.46. The molecule has 0 amide bonds. The molecule has 1 unspecified atom stereocenters. The molecule has 0 bridgehead atoms. The first-order valence-electron chi connectivity index (χ1n) is 11.3. The van der Waals surface area contributed by atoms with Gasteiger partial charge in [-0.25, -0.2) is 0 Å². The summed E-state index contributed by atoms with van der Waals surface area (Å²) < 4.78 is 17.8. The number of para-hydroxylation sites is 2. The van der Waals surface area contributed by atoms with Gasteiger partial charge in [-0.15, -0.1) is 0 Å². The fraction of sp³-hybridized carbons (Fsp3) is 0.440. The molecule has 0 saturated carbocycles. The standard InChI is InChI=1S/C25H28N4O4/c1-25(2)23(30)22(18-15-17(16-26)7-8-20(18)33-25)29(10-9-28-11-13-31-14-12-28)24-27-19-5-3-4-6-21(19)32-24/h3-8,15,22-23,30H,9-14H2,1-2H3/t22?,23-/m1/s1. The molecule has 2 aromatic carbocycles. The van der Waals surface area contributed by atoms with Gasteiger partial charge in [0.1, 0.15) is 23.0 Å². The Morgan fingerprint density at radius 2 is 2.00 bits per heavy atom. The molecule has 8 heteroatoms. The van der Waals surface area contributed by atoms with Gasteiger partial charge in [0.2, 0.25) is 0 Å². The van der Waals surface area contributed by atoms with Gasteiger partial charge >= 0.3 is 0 Å². The summed E-state index contributed by atoms with van der Waals surface area (Å²) in [5.74, 6) is 0.654. The number of benzene rings is 2. The van der Waals surface area contributed by atoms with Gasteiger partial charge in [0.05, 0.1) is 30.9 Å². The van der Waals surface area contributed by atoms with E-state index in [0.717, 1.165) is 30.7 Å². The van der Waals surface area contributed by atoms with E-state index in [-0.39, 0.29) is 0 Å². The van der Waals surface area contributed by atoms with Crippen LogP contribution in [0.25, 0.3) is 11.1 Å². The van der Waals surface area contributed by atoms with Gasteiger partial charge in [-0.2, -0.15) is 10.2 Å². The molecule has 3 aromatic rings. The van der Waals surface area contributed by atoms with Crippen LogP contribution in [0.2, 0.25) is 0 Å². The van der Waals surface area contributed by atoms with Gasteiger partial charge in [0.15, 0.2) is 5.58 Å². The summed E-state index contributed by atoms with van der Waals surface area (Å²) in [5, 5.41) is 21.0. The molecule has 1 N–H and O–H groups in total. The van der Waals surface area contributed by atoms with Gasteiger partial charge in [0, 0.05) is 31.7 Å². The second-order valence-electron chi connectivity index (χ2n) is 9.07. The maximum Gasteiger partial charge on any atom is 0.299 e. The van der Waals surface area contributed by atoms with E-state index in [1.807, 2.05) is 43.0 Å². The van der Waals surface area contributed by atoms with Gasteiger partial charge in [0.25, 0.3) is 6.01 Å². The van der Waals surface area contributed by atoms with Gasteiger partial charge in [-0.3, -0.25) is 4.90 Å². The molecule has 2 aliphatic heterocycles. The lowest BCUT2D eigenvalue weighted by molar-refractivity contribution is -0.0597. The lowest BCUT2D eigenvalue weighted by Crippen LogP contribution is -2.55. The number of morpholine rings is 1. The monoisotopic (exact) mass is 448 g/mol. The fourth-order valence-corrected chi connectivity index (χ4v) is 4.58. The highest BCUT2D eigenvalue weighted by molar-refractivity contribution is 5.74. The summed E-state index contributed by atoms with van der Waals surface area (Å²) in [6, 6.07) is 15.1. The number of aromatic nitrogens is 1. The van der Waals surface area contributed by atoms with Crippen molar-refractivity contribution in [2.75, 3.05) is 44.3 Å². The molecule has 5 rings (SSSR count). The Kier molecular flexibility index (Phi) is 5.71. The third-order valence-electron chi connectivity index (χ3n) is 6.47. The van der Waals surface area contributed by atoms with Crippen molar-refractivity contribution >= 4 is 17.1 Å². The van der Waals surface area contributed by atoms with Crippen LogP contribution in [0.5, 0.6) is 5.75 Å². The van der Waals surface area contributed by atoms with Crippen LogP contribution in [0, 0.1) is 11.3 Å². The number of aliphatic hydroxyl groups excluding tert-OH is 1. The van der Waals surface area contributed by atoms with Gasteiger partial charge in [-0.05, 0) is 44.2 Å². The van der Waals surface area contributed by atoms with Crippen molar-refractivity contribution in [2.24, 2.45) is 0 Å². The van der Waals surface area contributed by atoms with Crippen molar-refractivity contribution in [3.63, 3.8) is 0 Å². The molecule has 2 atom stereocenters. The van der Waals surface area contributed by atoms with Crippen molar-refractivity contribution in [3.8, 4) is 11.8 Å². The van der Waals surface area contributed by atoms with Gasteiger partial charge < -0.3 is 23.9 Å². The Labute approximate surface area is 192 Å². The number of nitriles is 1. The molecule has 33 heavy (non-hydrogen) atoms.